The number of amides is 1. The Kier molecular flexibility index (Phi) is 8.33. The van der Waals surface area contributed by atoms with Crippen LogP contribution in [0.1, 0.15) is 16.8 Å². The molecule has 3 N–H and O–H groups in total. The highest BCUT2D eigenvalue weighted by atomic mass is 35.5. The second-order valence-electron chi connectivity index (χ2n) is 7.55. The summed E-state index contributed by atoms with van der Waals surface area (Å²) in [6.07, 6.45) is 4.25. The molecule has 4 rings (SSSR count). The average Bonchev–Trinajstić information content (AvgIpc) is 3.24. The van der Waals surface area contributed by atoms with Gasteiger partial charge in [-0.15, -0.1) is 0 Å². The number of carbonyl (C=O) groups is 1. The van der Waals surface area contributed by atoms with Crippen molar-refractivity contribution >= 4 is 69.3 Å². The van der Waals surface area contributed by atoms with Crippen molar-refractivity contribution in [2.24, 2.45) is 0 Å². The van der Waals surface area contributed by atoms with Crippen molar-refractivity contribution in [2.45, 2.75) is 18.7 Å². The molecule has 0 bridgehead atoms. The largest absolute Gasteiger partial charge is 0.356 e. The van der Waals surface area contributed by atoms with Crippen molar-refractivity contribution in [3.63, 3.8) is 0 Å². The monoisotopic (exact) mass is 558 g/mol. The van der Waals surface area contributed by atoms with E-state index in [1.165, 1.54) is 6.20 Å². The number of nitrogens with zero attached hydrogens (tertiary/aromatic N) is 3. The number of H-pyrrole nitrogens is 1. The number of benzene rings is 1. The van der Waals surface area contributed by atoms with Gasteiger partial charge in [0, 0.05) is 55.7 Å². The van der Waals surface area contributed by atoms with Crippen LogP contribution in [0.3, 0.4) is 0 Å². The molecule has 0 saturated carbocycles. The molecule has 12 heteroatoms. The molecule has 4 aromatic rings. The third kappa shape index (κ3) is 6.16. The van der Waals surface area contributed by atoms with Crippen molar-refractivity contribution in [1.82, 2.24) is 25.3 Å². The Morgan fingerprint density at radius 2 is 2.00 bits per heavy atom. The molecule has 0 saturated heterocycles. The van der Waals surface area contributed by atoms with Crippen molar-refractivity contribution in [2.75, 3.05) is 17.6 Å². The number of anilines is 1. The number of halogens is 4. The number of pyridine rings is 1. The summed E-state index contributed by atoms with van der Waals surface area (Å²) in [5, 5.41) is 8.04. The van der Waals surface area contributed by atoms with Crippen LogP contribution in [0, 0.1) is 5.82 Å². The van der Waals surface area contributed by atoms with E-state index in [-0.39, 0.29) is 21.8 Å². The first kappa shape index (κ1) is 25.5. The molecule has 188 valence electrons. The standard InChI is InChI=1S/C23H20Cl3FN6OS.3H2/c1-12(23(34)28-5-6-35-11-16-17(25)3-2-4-18(16)26)32-22-19(27)10-31-21(33-22)15-9-30-20-14(15)7-13(24)8-29-20;;;/h2-4,7-10,12H,5-6,11H2,1H3,(H,28,34)(H,29,30)(H,31,32,33);3*1H/t12-;;;/m0.../s1. The molecule has 0 spiro atoms. The number of thioether (sulfide) groups is 1. The number of carbonyl (C=O) groups excluding carboxylic acids is 1. The number of fused-ring (bicyclic) bond motifs is 1. The van der Waals surface area contributed by atoms with Crippen LogP contribution in [-0.4, -0.2) is 44.2 Å². The van der Waals surface area contributed by atoms with Gasteiger partial charge in [-0.25, -0.2) is 19.3 Å². The maximum atomic E-state index is 14.4. The van der Waals surface area contributed by atoms with Crippen molar-refractivity contribution in [3.05, 3.63) is 69.3 Å². The van der Waals surface area contributed by atoms with Gasteiger partial charge in [-0.2, -0.15) is 11.8 Å². The first-order valence-corrected chi connectivity index (χ1v) is 12.8. The van der Waals surface area contributed by atoms with Gasteiger partial charge in [0.05, 0.1) is 11.2 Å². The Morgan fingerprint density at radius 3 is 2.77 bits per heavy atom. The quantitative estimate of drug-likeness (QED) is 0.197. The summed E-state index contributed by atoms with van der Waals surface area (Å²) in [4.78, 5) is 28.1. The van der Waals surface area contributed by atoms with E-state index in [4.69, 9.17) is 34.8 Å². The highest BCUT2D eigenvalue weighted by Gasteiger charge is 2.18. The van der Waals surface area contributed by atoms with E-state index in [0.29, 0.717) is 49.7 Å². The molecule has 3 aromatic heterocycles. The van der Waals surface area contributed by atoms with Gasteiger partial charge in [0.25, 0.3) is 0 Å². The van der Waals surface area contributed by atoms with Crippen LogP contribution in [0.4, 0.5) is 10.2 Å². The van der Waals surface area contributed by atoms with Crippen LogP contribution in [0.2, 0.25) is 15.1 Å². The number of rotatable bonds is 9. The maximum Gasteiger partial charge on any atom is 0.242 e. The third-order valence-corrected chi connectivity index (χ3v) is 6.98. The van der Waals surface area contributed by atoms with E-state index < -0.39 is 11.9 Å². The lowest BCUT2D eigenvalue weighted by atomic mass is 10.2. The van der Waals surface area contributed by atoms with Gasteiger partial charge in [-0.05, 0) is 30.7 Å². The fraction of sp³-hybridized carbons (Fsp3) is 0.217. The molecule has 0 aliphatic rings. The van der Waals surface area contributed by atoms with Crippen LogP contribution < -0.4 is 10.6 Å². The first-order valence-electron chi connectivity index (χ1n) is 10.5. The molecule has 0 radical (unpaired) electrons. The van der Waals surface area contributed by atoms with Gasteiger partial charge in [-0.3, -0.25) is 4.79 Å². The summed E-state index contributed by atoms with van der Waals surface area (Å²) in [5.74, 6) is 0.520. The smallest absolute Gasteiger partial charge is 0.242 e. The third-order valence-electron chi connectivity index (χ3n) is 5.08. The van der Waals surface area contributed by atoms with Gasteiger partial charge in [-0.1, -0.05) is 40.9 Å². The summed E-state index contributed by atoms with van der Waals surface area (Å²) < 4.78 is 14.4. The van der Waals surface area contributed by atoms with E-state index in [0.717, 1.165) is 11.8 Å². The minimum Gasteiger partial charge on any atom is -0.356 e. The van der Waals surface area contributed by atoms with Crippen LogP contribution >= 0.6 is 46.6 Å². The fourth-order valence-corrected chi connectivity index (χ4v) is 5.03. The summed E-state index contributed by atoms with van der Waals surface area (Å²) in [6.45, 7) is 2.06. The lowest BCUT2D eigenvalue weighted by molar-refractivity contribution is -0.121. The van der Waals surface area contributed by atoms with Crippen molar-refractivity contribution < 1.29 is 13.5 Å². The second kappa shape index (κ2) is 11.4. The number of aromatic amines is 1. The Labute approximate surface area is 224 Å². The highest BCUT2D eigenvalue weighted by Crippen LogP contribution is 2.29. The van der Waals surface area contributed by atoms with Crippen LogP contribution in [0.5, 0.6) is 0 Å². The molecule has 0 aliphatic heterocycles. The normalized spacial score (nSPS) is 12.0. The minimum atomic E-state index is -0.727. The Balaban J connectivity index is 0.00000241. The van der Waals surface area contributed by atoms with E-state index >= 15 is 0 Å². The van der Waals surface area contributed by atoms with Crippen molar-refractivity contribution in [3.8, 4) is 11.4 Å². The Hall–Kier alpha value is -2.59. The number of nitrogens with one attached hydrogen (secondary N) is 3. The van der Waals surface area contributed by atoms with Gasteiger partial charge >= 0.3 is 0 Å². The highest BCUT2D eigenvalue weighted by molar-refractivity contribution is 7.98. The molecule has 35 heavy (non-hydrogen) atoms. The zero-order valence-electron chi connectivity index (χ0n) is 18.4. The molecule has 3 heterocycles. The van der Waals surface area contributed by atoms with Crippen LogP contribution in [-0.2, 0) is 10.5 Å². The molecule has 0 unspecified atom stereocenters. The SMILES string of the molecule is C[C@H](Nc1nc(-c2c[nH]c3ncc(Cl)cc23)ncc1F)C(=O)NCCSCc1c(Cl)cccc1Cl.[HH].[HH].[HH]. The summed E-state index contributed by atoms with van der Waals surface area (Å²) >= 11 is 20.0. The summed E-state index contributed by atoms with van der Waals surface area (Å²) in [7, 11) is 0. The zero-order valence-corrected chi connectivity index (χ0v) is 21.5. The molecule has 0 fully saturated rings. The lowest BCUT2D eigenvalue weighted by Gasteiger charge is -2.15. The number of hydrogen-bond donors (Lipinski definition) is 3. The molecular weight excluding hydrogens is 534 g/mol. The van der Waals surface area contributed by atoms with Gasteiger partial charge in [0.15, 0.2) is 17.5 Å². The molecule has 7 nitrogen and oxygen atoms in total. The Bertz CT molecular complexity index is 1360. The van der Waals surface area contributed by atoms with E-state index in [1.54, 1.807) is 49.1 Å². The van der Waals surface area contributed by atoms with Crippen molar-refractivity contribution in [1.29, 1.82) is 0 Å². The summed E-state index contributed by atoms with van der Waals surface area (Å²) in [5.41, 5.74) is 2.09. The molecule has 1 amide bonds. The zero-order chi connectivity index (χ0) is 24.9. The van der Waals surface area contributed by atoms with Gasteiger partial charge in [0.1, 0.15) is 11.7 Å². The van der Waals surface area contributed by atoms with Gasteiger partial charge in [0.2, 0.25) is 5.91 Å². The summed E-state index contributed by atoms with van der Waals surface area (Å²) in [6, 6.07) is 6.38. The fourth-order valence-electron chi connectivity index (χ4n) is 3.28. The predicted octanol–water partition coefficient (Wildman–Crippen LogP) is 6.71. The number of hydrogen-bond acceptors (Lipinski definition) is 6. The van der Waals surface area contributed by atoms with E-state index in [2.05, 4.69) is 30.6 Å². The molecular formula is C23H26Cl3FN6OS. The Morgan fingerprint density at radius 1 is 1.23 bits per heavy atom. The van der Waals surface area contributed by atoms with Gasteiger partial charge < -0.3 is 15.6 Å². The minimum absolute atomic E-state index is 0. The average molecular weight is 560 g/mol. The molecule has 1 atom stereocenters. The molecule has 0 aliphatic carbocycles. The van der Waals surface area contributed by atoms with E-state index in [9.17, 15) is 9.18 Å². The predicted molar refractivity (Wildman–Crippen MR) is 147 cm³/mol. The second-order valence-corrected chi connectivity index (χ2v) is 9.91. The maximum absolute atomic E-state index is 14.4. The topological polar surface area (TPSA) is 95.6 Å². The first-order chi connectivity index (χ1) is 16.8. The van der Waals surface area contributed by atoms with Crippen LogP contribution in [0.25, 0.3) is 22.4 Å². The van der Waals surface area contributed by atoms with Crippen LogP contribution in [0.15, 0.2) is 42.9 Å². The van der Waals surface area contributed by atoms with E-state index in [1.807, 2.05) is 0 Å². The molecule has 1 aromatic carbocycles. The number of aromatic nitrogens is 4. The lowest BCUT2D eigenvalue weighted by Crippen LogP contribution is -2.39.